The highest BCUT2D eigenvalue weighted by Gasteiger charge is 2.19. The van der Waals surface area contributed by atoms with E-state index in [4.69, 9.17) is 0 Å². The van der Waals surface area contributed by atoms with Crippen LogP contribution in [0.25, 0.3) is 0 Å². The van der Waals surface area contributed by atoms with Crippen molar-refractivity contribution in [1.82, 2.24) is 0 Å². The third kappa shape index (κ3) is 1.47. The quantitative estimate of drug-likeness (QED) is 0.510. The third-order valence-corrected chi connectivity index (χ3v) is 2.61. The maximum absolute atomic E-state index is 13.2. The maximum atomic E-state index is 13.2. The lowest BCUT2D eigenvalue weighted by Gasteiger charge is -2.14. The zero-order valence-corrected chi connectivity index (χ0v) is 7.62. The number of benzene rings is 1. The number of hydrogen-bond donors (Lipinski definition) is 0. The van der Waals surface area contributed by atoms with Gasteiger partial charge >= 0.3 is 5.69 Å². The second kappa shape index (κ2) is 3.36. The Morgan fingerprint density at radius 2 is 1.79 bits per heavy atom. The molecule has 74 valence electrons. The molecule has 0 amide bonds. The van der Waals surface area contributed by atoms with Gasteiger partial charge in [0, 0.05) is 6.07 Å². The molecule has 0 saturated heterocycles. The molecule has 2 rings (SSSR count). The van der Waals surface area contributed by atoms with Gasteiger partial charge in [-0.1, -0.05) is 0 Å². The molecule has 0 fully saturated rings. The molecule has 1 aliphatic carbocycles. The Morgan fingerprint density at radius 1 is 1.21 bits per heavy atom. The summed E-state index contributed by atoms with van der Waals surface area (Å²) in [5.74, 6) is -0.712. The molecule has 0 unspecified atom stereocenters. The van der Waals surface area contributed by atoms with Gasteiger partial charge in [0.25, 0.3) is 0 Å². The molecule has 0 radical (unpaired) electrons. The van der Waals surface area contributed by atoms with Crippen molar-refractivity contribution in [2.24, 2.45) is 0 Å². The number of hydrogen-bond acceptors (Lipinski definition) is 2. The van der Waals surface area contributed by atoms with Gasteiger partial charge in [-0.25, -0.2) is 0 Å². The van der Waals surface area contributed by atoms with Crippen LogP contribution in [0.15, 0.2) is 12.1 Å². The van der Waals surface area contributed by atoms with Crippen molar-refractivity contribution in [2.45, 2.75) is 25.7 Å². The Kier molecular flexibility index (Phi) is 2.19. The number of nitro groups is 1. The van der Waals surface area contributed by atoms with E-state index in [9.17, 15) is 14.5 Å². The Labute approximate surface area is 80.7 Å². The SMILES string of the molecule is O=[N+]([O-])c1cc2c(cc1F)CCCC2. The molecule has 0 heterocycles. The maximum Gasteiger partial charge on any atom is 0.305 e. The van der Waals surface area contributed by atoms with Crippen LogP contribution in [0.5, 0.6) is 0 Å². The lowest BCUT2D eigenvalue weighted by atomic mass is 9.91. The van der Waals surface area contributed by atoms with Crippen LogP contribution in [0.2, 0.25) is 0 Å². The minimum Gasteiger partial charge on any atom is -0.258 e. The zero-order valence-electron chi connectivity index (χ0n) is 7.62. The Bertz CT molecular complexity index is 390. The van der Waals surface area contributed by atoms with Crippen LogP contribution in [-0.2, 0) is 12.8 Å². The summed E-state index contributed by atoms with van der Waals surface area (Å²) < 4.78 is 13.2. The lowest BCUT2D eigenvalue weighted by Crippen LogP contribution is -2.05. The Morgan fingerprint density at radius 3 is 2.36 bits per heavy atom. The molecule has 0 bridgehead atoms. The largest absolute Gasteiger partial charge is 0.305 e. The highest BCUT2D eigenvalue weighted by molar-refractivity contribution is 5.42. The van der Waals surface area contributed by atoms with Crippen molar-refractivity contribution in [3.63, 3.8) is 0 Å². The number of halogens is 1. The summed E-state index contributed by atoms with van der Waals surface area (Å²) >= 11 is 0. The van der Waals surface area contributed by atoms with E-state index < -0.39 is 16.4 Å². The summed E-state index contributed by atoms with van der Waals surface area (Å²) in [6.07, 6.45) is 3.75. The van der Waals surface area contributed by atoms with Crippen molar-refractivity contribution in [1.29, 1.82) is 0 Å². The fraction of sp³-hybridized carbons (Fsp3) is 0.400. The second-order valence-electron chi connectivity index (χ2n) is 3.54. The second-order valence-corrected chi connectivity index (χ2v) is 3.54. The molecule has 3 nitrogen and oxygen atoms in total. The van der Waals surface area contributed by atoms with Gasteiger partial charge in [-0.2, -0.15) is 4.39 Å². The Hall–Kier alpha value is -1.45. The van der Waals surface area contributed by atoms with Gasteiger partial charge in [-0.3, -0.25) is 10.1 Å². The highest BCUT2D eigenvalue weighted by Crippen LogP contribution is 2.27. The minimum atomic E-state index is -0.712. The van der Waals surface area contributed by atoms with Crippen LogP contribution in [0.4, 0.5) is 10.1 Å². The van der Waals surface area contributed by atoms with Gasteiger partial charge < -0.3 is 0 Å². The molecule has 4 heteroatoms. The van der Waals surface area contributed by atoms with E-state index in [1.165, 1.54) is 12.1 Å². The lowest BCUT2D eigenvalue weighted by molar-refractivity contribution is -0.387. The number of nitrogens with zero attached hydrogens (tertiary/aromatic N) is 1. The van der Waals surface area contributed by atoms with Crippen molar-refractivity contribution in [3.05, 3.63) is 39.2 Å². The van der Waals surface area contributed by atoms with Crippen molar-refractivity contribution < 1.29 is 9.31 Å². The molecule has 0 aromatic heterocycles. The highest BCUT2D eigenvalue weighted by atomic mass is 19.1. The smallest absolute Gasteiger partial charge is 0.258 e. The molecular weight excluding hydrogens is 185 g/mol. The normalized spacial score (nSPS) is 14.9. The number of rotatable bonds is 1. The molecule has 0 saturated carbocycles. The van der Waals surface area contributed by atoms with Crippen molar-refractivity contribution >= 4 is 5.69 Å². The standard InChI is InChI=1S/C10H10FNO2/c11-9-5-7-3-1-2-4-8(7)6-10(9)12(13)14/h5-6H,1-4H2. The first-order chi connectivity index (χ1) is 6.68. The summed E-state index contributed by atoms with van der Waals surface area (Å²) in [5, 5.41) is 10.5. The van der Waals surface area contributed by atoms with Crippen LogP contribution in [0.3, 0.4) is 0 Å². The van der Waals surface area contributed by atoms with E-state index in [0.717, 1.165) is 36.8 Å². The van der Waals surface area contributed by atoms with E-state index in [1.54, 1.807) is 0 Å². The van der Waals surface area contributed by atoms with Crippen LogP contribution in [0.1, 0.15) is 24.0 Å². The molecule has 1 aliphatic rings. The monoisotopic (exact) mass is 195 g/mol. The van der Waals surface area contributed by atoms with Crippen LogP contribution in [-0.4, -0.2) is 4.92 Å². The van der Waals surface area contributed by atoms with E-state index in [-0.39, 0.29) is 0 Å². The minimum absolute atomic E-state index is 0.398. The van der Waals surface area contributed by atoms with Crippen molar-refractivity contribution in [2.75, 3.05) is 0 Å². The average Bonchev–Trinajstić information content (AvgIpc) is 2.16. The van der Waals surface area contributed by atoms with Gasteiger partial charge in [0.15, 0.2) is 0 Å². The molecule has 1 aromatic rings. The van der Waals surface area contributed by atoms with Gasteiger partial charge in [0.2, 0.25) is 5.82 Å². The fourth-order valence-corrected chi connectivity index (χ4v) is 1.88. The van der Waals surface area contributed by atoms with Crippen molar-refractivity contribution in [3.8, 4) is 0 Å². The molecule has 14 heavy (non-hydrogen) atoms. The predicted octanol–water partition coefficient (Wildman–Crippen LogP) is 2.61. The van der Waals surface area contributed by atoms with E-state index in [0.29, 0.717) is 0 Å². The van der Waals surface area contributed by atoms with Gasteiger partial charge in [0.1, 0.15) is 0 Å². The third-order valence-electron chi connectivity index (χ3n) is 2.61. The van der Waals surface area contributed by atoms with Gasteiger partial charge in [0.05, 0.1) is 4.92 Å². The van der Waals surface area contributed by atoms with Crippen LogP contribution in [0, 0.1) is 15.9 Å². The van der Waals surface area contributed by atoms with Crippen LogP contribution >= 0.6 is 0 Å². The molecule has 0 atom stereocenters. The summed E-state index contributed by atoms with van der Waals surface area (Å²) in [6, 6.07) is 2.69. The molecule has 0 N–H and O–H groups in total. The Balaban J connectivity index is 2.50. The fourth-order valence-electron chi connectivity index (χ4n) is 1.88. The van der Waals surface area contributed by atoms with Crippen LogP contribution < -0.4 is 0 Å². The number of aryl methyl sites for hydroxylation is 2. The van der Waals surface area contributed by atoms with E-state index >= 15 is 0 Å². The van der Waals surface area contributed by atoms with E-state index in [1.807, 2.05) is 0 Å². The molecule has 1 aromatic carbocycles. The first-order valence-electron chi connectivity index (χ1n) is 4.64. The molecule has 0 aliphatic heterocycles. The van der Waals surface area contributed by atoms with Gasteiger partial charge in [-0.05, 0) is 42.9 Å². The number of fused-ring (bicyclic) bond motifs is 1. The molecule has 0 spiro atoms. The topological polar surface area (TPSA) is 43.1 Å². The summed E-state index contributed by atoms with van der Waals surface area (Å²) in [4.78, 5) is 9.81. The molecular formula is C10H10FNO2. The summed E-state index contributed by atoms with van der Waals surface area (Å²) in [5.41, 5.74) is 1.47. The van der Waals surface area contributed by atoms with E-state index in [2.05, 4.69) is 0 Å². The first kappa shape index (κ1) is 9.12. The first-order valence-corrected chi connectivity index (χ1v) is 4.64. The zero-order chi connectivity index (χ0) is 10.1. The average molecular weight is 195 g/mol. The van der Waals surface area contributed by atoms with Gasteiger partial charge in [-0.15, -0.1) is 0 Å². The summed E-state index contributed by atoms with van der Waals surface area (Å²) in [7, 11) is 0. The number of nitro benzene ring substituents is 1. The predicted molar refractivity (Wildman–Crippen MR) is 49.7 cm³/mol. The summed E-state index contributed by atoms with van der Waals surface area (Å²) in [6.45, 7) is 0.